The number of nitrogens with zero attached hydrogens (tertiary/aromatic N) is 4. The van der Waals surface area contributed by atoms with Gasteiger partial charge in [-0.15, -0.1) is 6.58 Å². The van der Waals surface area contributed by atoms with Crippen molar-refractivity contribution in [2.24, 2.45) is 0 Å². The van der Waals surface area contributed by atoms with Gasteiger partial charge in [0, 0.05) is 45.7 Å². The van der Waals surface area contributed by atoms with Crippen molar-refractivity contribution in [1.82, 2.24) is 19.7 Å². The van der Waals surface area contributed by atoms with E-state index in [1.54, 1.807) is 4.90 Å². The highest BCUT2D eigenvalue weighted by Crippen LogP contribution is 2.37. The largest absolute Gasteiger partial charge is 0.484 e. The summed E-state index contributed by atoms with van der Waals surface area (Å²) in [5, 5.41) is 0. The maximum absolute atomic E-state index is 12.9. The predicted molar refractivity (Wildman–Crippen MR) is 149 cm³/mol. The number of benzene rings is 2. The van der Waals surface area contributed by atoms with E-state index in [9.17, 15) is 9.59 Å². The van der Waals surface area contributed by atoms with E-state index in [1.165, 1.54) is 17.4 Å². The van der Waals surface area contributed by atoms with Crippen molar-refractivity contribution in [3.8, 4) is 5.75 Å². The number of ether oxygens (including phenoxy) is 1. The third-order valence-electron chi connectivity index (χ3n) is 7.54. The highest BCUT2D eigenvalue weighted by atomic mass is 16.5. The van der Waals surface area contributed by atoms with E-state index in [0.29, 0.717) is 43.4 Å². The molecule has 0 bridgehead atoms. The molecule has 2 aromatic carbocycles. The lowest BCUT2D eigenvalue weighted by Gasteiger charge is -2.38. The summed E-state index contributed by atoms with van der Waals surface area (Å²) in [7, 11) is 0. The number of amides is 2. The fourth-order valence-corrected chi connectivity index (χ4v) is 5.36. The third-order valence-corrected chi connectivity index (χ3v) is 7.54. The Hall–Kier alpha value is -3.91. The van der Waals surface area contributed by atoms with Gasteiger partial charge in [-0.25, -0.2) is 4.98 Å². The SMILES string of the molecule is C=CCN1CCN(C(=O)c2coc(COc3ccc4c(c3)C(c3ccc(C)cc3)N(C(=O)CC)CC4)n2)CC1. The van der Waals surface area contributed by atoms with Crippen LogP contribution >= 0.6 is 0 Å². The Kier molecular flexibility index (Phi) is 8.12. The van der Waals surface area contributed by atoms with E-state index >= 15 is 0 Å². The zero-order valence-corrected chi connectivity index (χ0v) is 22.8. The highest BCUT2D eigenvalue weighted by Gasteiger charge is 2.32. The molecule has 2 amide bonds. The van der Waals surface area contributed by atoms with E-state index in [2.05, 4.69) is 53.7 Å². The molecule has 1 fully saturated rings. The molecule has 1 unspecified atom stereocenters. The molecule has 0 N–H and O–H groups in total. The number of rotatable bonds is 8. The molecule has 3 aromatic rings. The fraction of sp³-hybridized carbons (Fsp3) is 0.387. The molecule has 8 nitrogen and oxygen atoms in total. The average molecular weight is 529 g/mol. The zero-order chi connectivity index (χ0) is 27.4. The number of hydrogen-bond acceptors (Lipinski definition) is 6. The Morgan fingerprint density at radius 3 is 2.59 bits per heavy atom. The molecule has 204 valence electrons. The lowest BCUT2D eigenvalue weighted by molar-refractivity contribution is -0.132. The molecule has 1 aromatic heterocycles. The summed E-state index contributed by atoms with van der Waals surface area (Å²) in [5.41, 5.74) is 4.85. The van der Waals surface area contributed by atoms with Crippen LogP contribution in [0.1, 0.15) is 58.0 Å². The van der Waals surface area contributed by atoms with Crippen molar-refractivity contribution in [2.75, 3.05) is 39.3 Å². The van der Waals surface area contributed by atoms with E-state index in [-0.39, 0.29) is 24.5 Å². The Bertz CT molecular complexity index is 1320. The monoisotopic (exact) mass is 528 g/mol. The minimum absolute atomic E-state index is 0.103. The topological polar surface area (TPSA) is 79.1 Å². The number of oxazole rings is 1. The Morgan fingerprint density at radius 2 is 1.87 bits per heavy atom. The van der Waals surface area contributed by atoms with Crippen LogP contribution in [0.25, 0.3) is 0 Å². The van der Waals surface area contributed by atoms with Gasteiger partial charge in [-0.2, -0.15) is 0 Å². The summed E-state index contributed by atoms with van der Waals surface area (Å²) >= 11 is 0. The minimum Gasteiger partial charge on any atom is -0.484 e. The van der Waals surface area contributed by atoms with Gasteiger partial charge in [0.05, 0.1) is 6.04 Å². The van der Waals surface area contributed by atoms with Gasteiger partial charge >= 0.3 is 0 Å². The van der Waals surface area contributed by atoms with E-state index in [4.69, 9.17) is 9.15 Å². The summed E-state index contributed by atoms with van der Waals surface area (Å²) in [5.74, 6) is 1.02. The van der Waals surface area contributed by atoms with Crippen LogP contribution in [0, 0.1) is 6.92 Å². The van der Waals surface area contributed by atoms with Crippen LogP contribution in [-0.2, 0) is 17.8 Å². The molecule has 1 atom stereocenters. The van der Waals surface area contributed by atoms with Crippen molar-refractivity contribution >= 4 is 11.8 Å². The molecule has 0 saturated carbocycles. The molecule has 2 aliphatic rings. The molecule has 0 spiro atoms. The number of piperazine rings is 1. The van der Waals surface area contributed by atoms with Crippen LogP contribution in [0.2, 0.25) is 0 Å². The van der Waals surface area contributed by atoms with Crippen molar-refractivity contribution in [3.63, 3.8) is 0 Å². The molecular weight excluding hydrogens is 492 g/mol. The maximum atomic E-state index is 12.9. The molecular formula is C31H36N4O4. The lowest BCUT2D eigenvalue weighted by atomic mass is 9.87. The summed E-state index contributed by atoms with van der Waals surface area (Å²) in [6.07, 6.45) is 4.55. The molecule has 3 heterocycles. The van der Waals surface area contributed by atoms with Crippen molar-refractivity contribution in [3.05, 3.63) is 95.2 Å². The van der Waals surface area contributed by atoms with Gasteiger partial charge in [0.2, 0.25) is 11.8 Å². The first-order valence-electron chi connectivity index (χ1n) is 13.7. The number of carbonyl (C=O) groups excluding carboxylic acids is 2. The predicted octanol–water partition coefficient (Wildman–Crippen LogP) is 4.39. The molecule has 39 heavy (non-hydrogen) atoms. The van der Waals surface area contributed by atoms with E-state index in [0.717, 1.165) is 37.2 Å². The van der Waals surface area contributed by atoms with Crippen molar-refractivity contribution < 1.29 is 18.7 Å². The number of aromatic nitrogens is 1. The Balaban J connectivity index is 1.29. The standard InChI is InChI=1S/C31H36N4O4/c1-4-13-33-15-17-34(18-16-33)31(37)27-20-39-28(32-27)21-38-25-11-10-23-12-14-35(29(36)5-2)30(26(23)19-25)24-8-6-22(3)7-9-24/h4,6-11,19-20,30H,1,5,12-18,21H2,2-3H3. The van der Waals surface area contributed by atoms with E-state index in [1.807, 2.05) is 30.0 Å². The molecule has 0 aliphatic carbocycles. The van der Waals surface area contributed by atoms with Crippen LogP contribution in [0.4, 0.5) is 0 Å². The zero-order valence-electron chi connectivity index (χ0n) is 22.8. The van der Waals surface area contributed by atoms with Gasteiger partial charge in [0.15, 0.2) is 12.3 Å². The number of carbonyl (C=O) groups is 2. The molecule has 1 saturated heterocycles. The second-order valence-corrected chi connectivity index (χ2v) is 10.2. The van der Waals surface area contributed by atoms with Gasteiger partial charge in [-0.1, -0.05) is 48.9 Å². The van der Waals surface area contributed by atoms with Gasteiger partial charge in [0.25, 0.3) is 5.91 Å². The first-order chi connectivity index (χ1) is 19.0. The summed E-state index contributed by atoms with van der Waals surface area (Å²) in [4.78, 5) is 36.2. The fourth-order valence-electron chi connectivity index (χ4n) is 5.36. The maximum Gasteiger partial charge on any atom is 0.275 e. The Morgan fingerprint density at radius 1 is 1.10 bits per heavy atom. The lowest BCUT2D eigenvalue weighted by Crippen LogP contribution is -2.48. The first kappa shape index (κ1) is 26.7. The van der Waals surface area contributed by atoms with Gasteiger partial charge in [-0.05, 0) is 42.2 Å². The third kappa shape index (κ3) is 5.91. The van der Waals surface area contributed by atoms with Crippen LogP contribution in [0.15, 0.2) is 65.8 Å². The van der Waals surface area contributed by atoms with Crippen LogP contribution in [0.3, 0.4) is 0 Å². The minimum atomic E-state index is -0.164. The van der Waals surface area contributed by atoms with E-state index < -0.39 is 0 Å². The van der Waals surface area contributed by atoms with Crippen LogP contribution < -0.4 is 4.74 Å². The average Bonchev–Trinajstić information content (AvgIpc) is 3.45. The number of aryl methyl sites for hydroxylation is 1. The normalized spacial score (nSPS) is 17.5. The summed E-state index contributed by atoms with van der Waals surface area (Å²) < 4.78 is 11.6. The number of hydrogen-bond donors (Lipinski definition) is 0. The molecule has 0 radical (unpaired) electrons. The van der Waals surface area contributed by atoms with Crippen molar-refractivity contribution in [1.29, 1.82) is 0 Å². The molecule has 2 aliphatic heterocycles. The molecule has 8 heteroatoms. The highest BCUT2D eigenvalue weighted by molar-refractivity contribution is 5.92. The van der Waals surface area contributed by atoms with Crippen LogP contribution in [-0.4, -0.2) is 70.8 Å². The molecule has 5 rings (SSSR count). The quantitative estimate of drug-likeness (QED) is 0.404. The Labute approximate surface area is 229 Å². The van der Waals surface area contributed by atoms with Crippen molar-refractivity contribution in [2.45, 2.75) is 39.3 Å². The smallest absolute Gasteiger partial charge is 0.275 e. The second kappa shape index (κ2) is 11.9. The summed E-state index contributed by atoms with van der Waals surface area (Å²) in [6, 6.07) is 14.3. The first-order valence-corrected chi connectivity index (χ1v) is 13.7. The van der Waals surface area contributed by atoms with Crippen LogP contribution in [0.5, 0.6) is 5.75 Å². The van der Waals surface area contributed by atoms with Gasteiger partial charge in [-0.3, -0.25) is 14.5 Å². The second-order valence-electron chi connectivity index (χ2n) is 10.2. The number of fused-ring (bicyclic) bond motifs is 1. The summed E-state index contributed by atoms with van der Waals surface area (Å²) in [6.45, 7) is 12.3. The van der Waals surface area contributed by atoms with Gasteiger partial charge < -0.3 is 19.0 Å². The van der Waals surface area contributed by atoms with Gasteiger partial charge in [0.1, 0.15) is 12.0 Å².